The summed E-state index contributed by atoms with van der Waals surface area (Å²) >= 11 is 0. The van der Waals surface area contributed by atoms with Gasteiger partial charge in [0.15, 0.2) is 0 Å². The summed E-state index contributed by atoms with van der Waals surface area (Å²) in [6, 6.07) is 22.5. The largest absolute Gasteiger partial charge is 0.505 e. The molecule has 4 rings (SSSR count). The number of hydrogen-bond donors (Lipinski definition) is 1. The fraction of sp³-hybridized carbons (Fsp3) is 0.455. The van der Waals surface area contributed by atoms with E-state index >= 15 is 0 Å². The first-order valence-electron chi connectivity index (χ1n) is 14.2. The molecule has 0 saturated heterocycles. The number of unbranched alkanes of at least 4 members (excludes halogenated alkanes) is 9. The molecule has 1 aromatic heterocycles. The van der Waals surface area contributed by atoms with Crippen LogP contribution in [0.3, 0.4) is 0 Å². The number of nitrogens with zero attached hydrogens (tertiary/aromatic N) is 3. The van der Waals surface area contributed by atoms with E-state index in [9.17, 15) is 5.11 Å². The topological polar surface area (TPSA) is 50.9 Å². The van der Waals surface area contributed by atoms with Crippen LogP contribution in [-0.4, -0.2) is 20.1 Å². The summed E-state index contributed by atoms with van der Waals surface area (Å²) in [6.07, 6.45) is 14.6. The van der Waals surface area contributed by atoms with Gasteiger partial charge in [0, 0.05) is 11.0 Å². The van der Waals surface area contributed by atoms with Crippen molar-refractivity contribution >= 4 is 11.0 Å². The fourth-order valence-corrected chi connectivity index (χ4v) is 5.25. The van der Waals surface area contributed by atoms with Crippen LogP contribution >= 0.6 is 0 Å². The lowest BCUT2D eigenvalue weighted by Crippen LogP contribution is -2.19. The molecule has 4 heteroatoms. The zero-order valence-electron chi connectivity index (χ0n) is 22.9. The minimum absolute atomic E-state index is 0.224. The predicted octanol–water partition coefficient (Wildman–Crippen LogP) is 8.92. The Morgan fingerprint density at radius 1 is 0.703 bits per heavy atom. The molecule has 4 nitrogen and oxygen atoms in total. The normalized spacial score (nSPS) is 11.9. The lowest BCUT2D eigenvalue weighted by molar-refractivity contribution is 0.446. The van der Waals surface area contributed by atoms with Crippen LogP contribution in [0.15, 0.2) is 66.7 Å². The van der Waals surface area contributed by atoms with Gasteiger partial charge in [-0.05, 0) is 42.2 Å². The predicted molar refractivity (Wildman–Crippen MR) is 155 cm³/mol. The standard InChI is InChI=1S/C33H43N3O/c1-4-5-6-7-8-9-10-11-12-14-18-26-23-24-29-30(25-26)35-36(34-29)31-22-17-21-28(32(31)37)33(2,3)27-19-15-13-16-20-27/h13,15-17,19-25,37H,4-12,14,18H2,1-3H3. The SMILES string of the molecule is CCCCCCCCCCCCc1ccc2nn(-c3cccc(C(C)(C)c4ccccc4)c3O)nc2c1. The Balaban J connectivity index is 1.38. The monoisotopic (exact) mass is 497 g/mol. The third kappa shape index (κ3) is 6.80. The Morgan fingerprint density at radius 3 is 2.05 bits per heavy atom. The number of aromatic nitrogens is 3. The van der Waals surface area contributed by atoms with Crippen molar-refractivity contribution in [2.45, 2.75) is 96.8 Å². The van der Waals surface area contributed by atoms with Crippen LogP contribution in [0, 0.1) is 0 Å². The molecule has 0 bridgehead atoms. The number of benzene rings is 3. The molecule has 0 fully saturated rings. The van der Waals surface area contributed by atoms with Crippen LogP contribution in [-0.2, 0) is 11.8 Å². The van der Waals surface area contributed by atoms with Gasteiger partial charge in [-0.2, -0.15) is 0 Å². The number of aryl methyl sites for hydroxylation is 1. The Kier molecular flexibility index (Phi) is 9.38. The molecule has 0 amide bonds. The Morgan fingerprint density at radius 2 is 1.35 bits per heavy atom. The maximum absolute atomic E-state index is 11.3. The molecule has 0 saturated carbocycles. The second-order valence-corrected chi connectivity index (χ2v) is 10.9. The van der Waals surface area contributed by atoms with E-state index < -0.39 is 0 Å². The maximum Gasteiger partial charge on any atom is 0.147 e. The average Bonchev–Trinajstić information content (AvgIpc) is 3.33. The molecule has 37 heavy (non-hydrogen) atoms. The maximum atomic E-state index is 11.3. The molecule has 0 aliphatic heterocycles. The molecular formula is C33H43N3O. The molecule has 3 aromatic carbocycles. The van der Waals surface area contributed by atoms with Gasteiger partial charge in [0.2, 0.25) is 0 Å². The number of aromatic hydroxyl groups is 1. The van der Waals surface area contributed by atoms with Crippen molar-refractivity contribution in [2.24, 2.45) is 0 Å². The van der Waals surface area contributed by atoms with Gasteiger partial charge < -0.3 is 5.11 Å². The summed E-state index contributed by atoms with van der Waals surface area (Å²) < 4.78 is 0. The van der Waals surface area contributed by atoms with Crippen LogP contribution in [0.5, 0.6) is 5.75 Å². The number of phenols is 1. The van der Waals surface area contributed by atoms with E-state index in [4.69, 9.17) is 5.10 Å². The van der Waals surface area contributed by atoms with Crippen molar-refractivity contribution in [3.05, 3.63) is 83.4 Å². The molecule has 0 radical (unpaired) electrons. The van der Waals surface area contributed by atoms with E-state index in [1.54, 1.807) is 4.80 Å². The van der Waals surface area contributed by atoms with Gasteiger partial charge in [-0.15, -0.1) is 15.0 Å². The third-order valence-electron chi connectivity index (χ3n) is 7.66. The summed E-state index contributed by atoms with van der Waals surface area (Å²) in [7, 11) is 0. The van der Waals surface area contributed by atoms with Crippen molar-refractivity contribution in [3.63, 3.8) is 0 Å². The van der Waals surface area contributed by atoms with Crippen molar-refractivity contribution in [3.8, 4) is 11.4 Å². The highest BCUT2D eigenvalue weighted by Crippen LogP contribution is 2.39. The molecule has 1 heterocycles. The summed E-state index contributed by atoms with van der Waals surface area (Å²) in [5.74, 6) is 0.224. The number of hydrogen-bond acceptors (Lipinski definition) is 3. The minimum atomic E-state index is -0.351. The number of phenolic OH excluding ortho intramolecular Hbond substituents is 1. The number of fused-ring (bicyclic) bond motifs is 1. The van der Waals surface area contributed by atoms with E-state index in [1.807, 2.05) is 36.4 Å². The van der Waals surface area contributed by atoms with E-state index in [2.05, 4.69) is 56.2 Å². The molecule has 196 valence electrons. The first-order chi connectivity index (χ1) is 18.0. The second kappa shape index (κ2) is 12.9. The number of rotatable bonds is 14. The quantitative estimate of drug-likeness (QED) is 0.177. The van der Waals surface area contributed by atoms with E-state index in [0.717, 1.165) is 28.6 Å². The molecule has 0 aliphatic carbocycles. The fourth-order valence-electron chi connectivity index (χ4n) is 5.25. The van der Waals surface area contributed by atoms with Crippen LogP contribution in [0.4, 0.5) is 0 Å². The van der Waals surface area contributed by atoms with Gasteiger partial charge in [-0.1, -0.05) is 127 Å². The molecule has 0 aliphatic rings. The lowest BCUT2D eigenvalue weighted by atomic mass is 9.77. The summed E-state index contributed by atoms with van der Waals surface area (Å²) in [5.41, 5.74) is 5.29. The van der Waals surface area contributed by atoms with E-state index in [1.165, 1.54) is 69.8 Å². The molecule has 0 atom stereocenters. The van der Waals surface area contributed by atoms with Gasteiger partial charge in [0.25, 0.3) is 0 Å². The Labute approximate surface area is 222 Å². The van der Waals surface area contributed by atoms with Gasteiger partial charge in [0.05, 0.1) is 0 Å². The zero-order valence-corrected chi connectivity index (χ0v) is 22.9. The van der Waals surface area contributed by atoms with Crippen molar-refractivity contribution in [1.29, 1.82) is 0 Å². The van der Waals surface area contributed by atoms with Crippen molar-refractivity contribution < 1.29 is 5.11 Å². The first kappa shape index (κ1) is 26.9. The number of para-hydroxylation sites is 1. The highest BCUT2D eigenvalue weighted by atomic mass is 16.3. The summed E-state index contributed by atoms with van der Waals surface area (Å²) in [5, 5.41) is 20.7. The zero-order chi connectivity index (χ0) is 26.1. The molecule has 4 aromatic rings. The molecule has 1 N–H and O–H groups in total. The molecule has 0 spiro atoms. The average molecular weight is 498 g/mol. The second-order valence-electron chi connectivity index (χ2n) is 10.9. The Bertz CT molecular complexity index is 1260. The van der Waals surface area contributed by atoms with Gasteiger partial charge in [-0.25, -0.2) is 0 Å². The van der Waals surface area contributed by atoms with Crippen LogP contribution in [0.1, 0.15) is 102 Å². The van der Waals surface area contributed by atoms with Gasteiger partial charge in [0.1, 0.15) is 22.5 Å². The molecular weight excluding hydrogens is 454 g/mol. The van der Waals surface area contributed by atoms with Crippen LogP contribution < -0.4 is 0 Å². The van der Waals surface area contributed by atoms with Crippen molar-refractivity contribution in [2.75, 3.05) is 0 Å². The summed E-state index contributed by atoms with van der Waals surface area (Å²) in [4.78, 5) is 1.58. The Hall–Kier alpha value is -3.14. The lowest BCUT2D eigenvalue weighted by Gasteiger charge is -2.27. The first-order valence-corrected chi connectivity index (χ1v) is 14.2. The van der Waals surface area contributed by atoms with Crippen molar-refractivity contribution in [1.82, 2.24) is 15.0 Å². The van der Waals surface area contributed by atoms with E-state index in [-0.39, 0.29) is 11.2 Å². The highest BCUT2D eigenvalue weighted by Gasteiger charge is 2.27. The highest BCUT2D eigenvalue weighted by molar-refractivity contribution is 5.75. The van der Waals surface area contributed by atoms with Crippen LogP contribution in [0.2, 0.25) is 0 Å². The minimum Gasteiger partial charge on any atom is -0.505 e. The molecule has 0 unspecified atom stereocenters. The smallest absolute Gasteiger partial charge is 0.147 e. The third-order valence-corrected chi connectivity index (χ3v) is 7.66. The van der Waals surface area contributed by atoms with Gasteiger partial charge >= 0.3 is 0 Å². The van der Waals surface area contributed by atoms with Crippen LogP contribution in [0.25, 0.3) is 16.7 Å². The summed E-state index contributed by atoms with van der Waals surface area (Å²) in [6.45, 7) is 6.54. The van der Waals surface area contributed by atoms with Gasteiger partial charge in [-0.3, -0.25) is 0 Å². The van der Waals surface area contributed by atoms with E-state index in [0.29, 0.717) is 5.69 Å².